The summed E-state index contributed by atoms with van der Waals surface area (Å²) in [5, 5.41) is 11.0. The lowest BCUT2D eigenvalue weighted by molar-refractivity contribution is -0.384. The van der Waals surface area contributed by atoms with E-state index in [1.807, 2.05) is 37.3 Å². The molecule has 1 aliphatic heterocycles. The third-order valence-corrected chi connectivity index (χ3v) is 6.80. The minimum Gasteiger partial charge on any atom is -0.493 e. The Morgan fingerprint density at radius 1 is 1.08 bits per heavy atom. The van der Waals surface area contributed by atoms with Crippen LogP contribution >= 0.6 is 24.0 Å². The summed E-state index contributed by atoms with van der Waals surface area (Å²) in [5.41, 5.74) is 1.44. The SMILES string of the molecule is COc1cc(/C=C2\SC(=S)N(C(C)c3ccccc3)C2=O)ccc1OC(=O)c1cccc([N+](=O)[O-])c1. The molecule has 4 rings (SSSR count). The largest absolute Gasteiger partial charge is 0.493 e. The number of carbonyl (C=O) groups is 2. The Morgan fingerprint density at radius 3 is 2.53 bits per heavy atom. The Kier molecular flexibility index (Phi) is 7.47. The number of carbonyl (C=O) groups excluding carboxylic acids is 2. The topological polar surface area (TPSA) is 99.0 Å². The highest BCUT2D eigenvalue weighted by atomic mass is 32.2. The zero-order valence-electron chi connectivity index (χ0n) is 19.2. The Labute approximate surface area is 216 Å². The number of rotatable bonds is 7. The van der Waals surface area contributed by atoms with E-state index in [0.29, 0.717) is 14.8 Å². The van der Waals surface area contributed by atoms with Crippen molar-refractivity contribution >= 4 is 51.9 Å². The van der Waals surface area contributed by atoms with Crippen molar-refractivity contribution in [2.24, 2.45) is 0 Å². The van der Waals surface area contributed by atoms with Gasteiger partial charge < -0.3 is 9.47 Å². The van der Waals surface area contributed by atoms with Crippen molar-refractivity contribution in [2.45, 2.75) is 13.0 Å². The second kappa shape index (κ2) is 10.7. The lowest BCUT2D eigenvalue weighted by Crippen LogP contribution is -2.30. The Hall–Kier alpha value is -4.02. The predicted molar refractivity (Wildman–Crippen MR) is 141 cm³/mol. The molecule has 0 saturated carbocycles. The molecule has 0 aliphatic carbocycles. The van der Waals surface area contributed by atoms with Gasteiger partial charge in [0.05, 0.1) is 28.5 Å². The normalized spacial score (nSPS) is 15.2. The number of nitro groups is 1. The molecule has 182 valence electrons. The third-order valence-electron chi connectivity index (χ3n) is 5.47. The van der Waals surface area contributed by atoms with Crippen LogP contribution in [0.15, 0.2) is 77.7 Å². The molecule has 0 spiro atoms. The van der Waals surface area contributed by atoms with Crippen LogP contribution in [0, 0.1) is 10.1 Å². The van der Waals surface area contributed by atoms with Crippen molar-refractivity contribution in [3.05, 3.63) is 105 Å². The number of hydrogen-bond acceptors (Lipinski definition) is 8. The zero-order chi connectivity index (χ0) is 25.8. The molecule has 0 N–H and O–H groups in total. The number of benzene rings is 3. The molecule has 3 aromatic rings. The van der Waals surface area contributed by atoms with Crippen LogP contribution in [0.2, 0.25) is 0 Å². The van der Waals surface area contributed by atoms with Gasteiger partial charge in [0.15, 0.2) is 11.5 Å². The summed E-state index contributed by atoms with van der Waals surface area (Å²) in [6, 6.07) is 19.5. The summed E-state index contributed by atoms with van der Waals surface area (Å²) >= 11 is 6.70. The zero-order valence-corrected chi connectivity index (χ0v) is 20.9. The van der Waals surface area contributed by atoms with Gasteiger partial charge in [-0.1, -0.05) is 66.4 Å². The predicted octanol–water partition coefficient (Wildman–Crippen LogP) is 5.79. The van der Waals surface area contributed by atoms with Gasteiger partial charge >= 0.3 is 5.97 Å². The number of hydrogen-bond donors (Lipinski definition) is 0. The fourth-order valence-corrected chi connectivity index (χ4v) is 5.03. The molecular weight excluding hydrogens is 500 g/mol. The molecule has 0 radical (unpaired) electrons. The maximum absolute atomic E-state index is 13.1. The van der Waals surface area contributed by atoms with Crippen LogP contribution in [0.4, 0.5) is 5.69 Å². The molecule has 3 aromatic carbocycles. The quantitative estimate of drug-likeness (QED) is 0.0965. The van der Waals surface area contributed by atoms with Gasteiger partial charge in [-0.25, -0.2) is 4.79 Å². The lowest BCUT2D eigenvalue weighted by Gasteiger charge is -2.23. The molecule has 1 saturated heterocycles. The van der Waals surface area contributed by atoms with E-state index in [2.05, 4.69) is 0 Å². The van der Waals surface area contributed by atoms with E-state index in [9.17, 15) is 19.7 Å². The van der Waals surface area contributed by atoms with Crippen molar-refractivity contribution < 1.29 is 24.0 Å². The number of ether oxygens (including phenoxy) is 2. The van der Waals surface area contributed by atoms with Crippen LogP contribution in [-0.4, -0.2) is 33.1 Å². The summed E-state index contributed by atoms with van der Waals surface area (Å²) in [7, 11) is 1.42. The summed E-state index contributed by atoms with van der Waals surface area (Å²) in [6.45, 7) is 1.93. The number of thioether (sulfide) groups is 1. The number of non-ortho nitro benzene ring substituents is 1. The molecule has 1 heterocycles. The molecule has 0 bridgehead atoms. The highest BCUT2D eigenvalue weighted by Gasteiger charge is 2.36. The van der Waals surface area contributed by atoms with Crippen LogP contribution in [0.5, 0.6) is 11.5 Å². The van der Waals surface area contributed by atoms with Gasteiger partial charge in [-0.3, -0.25) is 19.8 Å². The summed E-state index contributed by atoms with van der Waals surface area (Å²) in [5.74, 6) is -0.561. The van der Waals surface area contributed by atoms with Crippen LogP contribution in [0.1, 0.15) is 34.5 Å². The van der Waals surface area contributed by atoms with Gasteiger partial charge in [0.25, 0.3) is 11.6 Å². The standard InChI is InChI=1S/C26H20N2O6S2/c1-16(18-7-4-3-5-8-18)27-24(29)23(36-26(27)35)14-17-11-12-21(22(13-17)33-2)34-25(30)19-9-6-10-20(15-19)28(31)32/h3-16H,1-2H3/b23-14-. The van der Waals surface area contributed by atoms with Gasteiger partial charge in [0.2, 0.25) is 0 Å². The minimum atomic E-state index is -0.763. The number of nitrogens with zero attached hydrogens (tertiary/aromatic N) is 2. The maximum Gasteiger partial charge on any atom is 0.343 e. The van der Waals surface area contributed by atoms with Gasteiger partial charge in [-0.15, -0.1) is 0 Å². The first-order valence-electron chi connectivity index (χ1n) is 10.7. The number of thiocarbonyl (C=S) groups is 1. The fraction of sp³-hybridized carbons (Fsp3) is 0.115. The van der Waals surface area contributed by atoms with E-state index >= 15 is 0 Å². The van der Waals surface area contributed by atoms with E-state index in [1.54, 1.807) is 23.1 Å². The Balaban J connectivity index is 1.54. The Morgan fingerprint density at radius 2 is 1.83 bits per heavy atom. The highest BCUT2D eigenvalue weighted by molar-refractivity contribution is 8.26. The Bertz CT molecular complexity index is 1390. The third kappa shape index (κ3) is 5.29. The number of nitro benzene ring substituents is 1. The van der Waals surface area contributed by atoms with Gasteiger partial charge in [-0.05, 0) is 42.3 Å². The van der Waals surface area contributed by atoms with Crippen molar-refractivity contribution in [1.29, 1.82) is 0 Å². The molecule has 1 amide bonds. The average Bonchev–Trinajstić information content (AvgIpc) is 3.17. The second-order valence-electron chi connectivity index (χ2n) is 7.75. The molecular formula is C26H20N2O6S2. The van der Waals surface area contributed by atoms with Gasteiger partial charge in [-0.2, -0.15) is 0 Å². The summed E-state index contributed by atoms with van der Waals surface area (Å²) in [6.07, 6.45) is 1.70. The number of esters is 1. The van der Waals surface area contributed by atoms with E-state index in [-0.39, 0.29) is 34.7 Å². The highest BCUT2D eigenvalue weighted by Crippen LogP contribution is 2.39. The van der Waals surface area contributed by atoms with Crippen molar-refractivity contribution in [2.75, 3.05) is 7.11 Å². The maximum atomic E-state index is 13.1. The van der Waals surface area contributed by atoms with E-state index in [4.69, 9.17) is 21.7 Å². The van der Waals surface area contributed by atoms with Crippen LogP contribution in [0.3, 0.4) is 0 Å². The molecule has 0 aromatic heterocycles. The van der Waals surface area contributed by atoms with Crippen LogP contribution < -0.4 is 9.47 Å². The smallest absolute Gasteiger partial charge is 0.343 e. The first kappa shape index (κ1) is 25.1. The second-order valence-corrected chi connectivity index (χ2v) is 9.42. The van der Waals surface area contributed by atoms with Crippen molar-refractivity contribution in [3.63, 3.8) is 0 Å². The number of amides is 1. The molecule has 36 heavy (non-hydrogen) atoms. The average molecular weight is 521 g/mol. The molecule has 1 fully saturated rings. The summed E-state index contributed by atoms with van der Waals surface area (Å²) in [4.78, 5) is 38.1. The van der Waals surface area contributed by atoms with Crippen LogP contribution in [0.25, 0.3) is 6.08 Å². The first-order chi connectivity index (χ1) is 17.3. The molecule has 10 heteroatoms. The fourth-order valence-electron chi connectivity index (χ4n) is 3.61. The van der Waals surface area contributed by atoms with E-state index in [1.165, 1.54) is 43.1 Å². The lowest BCUT2D eigenvalue weighted by atomic mass is 10.1. The van der Waals surface area contributed by atoms with Gasteiger partial charge in [0, 0.05) is 12.1 Å². The molecule has 8 nitrogen and oxygen atoms in total. The van der Waals surface area contributed by atoms with Gasteiger partial charge in [0.1, 0.15) is 4.32 Å². The molecule has 1 atom stereocenters. The van der Waals surface area contributed by atoms with Crippen molar-refractivity contribution in [1.82, 2.24) is 4.90 Å². The number of methoxy groups -OCH3 is 1. The van der Waals surface area contributed by atoms with Crippen LogP contribution in [-0.2, 0) is 4.79 Å². The first-order valence-corrected chi connectivity index (χ1v) is 12.0. The van der Waals surface area contributed by atoms with E-state index < -0.39 is 10.9 Å². The molecule has 1 aliphatic rings. The minimum absolute atomic E-state index is 0.0338. The van der Waals surface area contributed by atoms with Crippen molar-refractivity contribution in [3.8, 4) is 11.5 Å². The summed E-state index contributed by atoms with van der Waals surface area (Å²) < 4.78 is 11.3. The van der Waals surface area contributed by atoms with E-state index in [0.717, 1.165) is 11.6 Å². The molecule has 1 unspecified atom stereocenters. The monoisotopic (exact) mass is 520 g/mol.